The van der Waals surface area contributed by atoms with Gasteiger partial charge >= 0.3 is 0 Å². The first kappa shape index (κ1) is 12.0. The molecule has 0 atom stereocenters. The second kappa shape index (κ2) is 5.75. The van der Waals surface area contributed by atoms with Crippen LogP contribution in [0.3, 0.4) is 0 Å². The third-order valence-corrected chi connectivity index (χ3v) is 2.31. The Morgan fingerprint density at radius 3 is 2.56 bits per heavy atom. The van der Waals surface area contributed by atoms with Crippen LogP contribution >= 0.6 is 0 Å². The molecule has 1 heterocycles. The topological polar surface area (TPSA) is 79.0 Å². The lowest BCUT2D eigenvalue weighted by Gasteiger charge is -2.05. The van der Waals surface area contributed by atoms with Gasteiger partial charge in [0.05, 0.1) is 0 Å². The number of aliphatic hydroxyl groups is 1. The van der Waals surface area contributed by atoms with Crippen molar-refractivity contribution in [2.24, 2.45) is 0 Å². The van der Waals surface area contributed by atoms with Crippen LogP contribution in [0.15, 0.2) is 36.7 Å². The Morgan fingerprint density at radius 2 is 1.89 bits per heavy atom. The number of hydrogen-bond donors (Lipinski definition) is 1. The first-order valence-corrected chi connectivity index (χ1v) is 5.42. The second-order valence-corrected chi connectivity index (χ2v) is 3.54. The molecule has 90 valence electrons. The minimum Gasteiger partial charge on any atom is -0.437 e. The van der Waals surface area contributed by atoms with Crippen LogP contribution in [0.4, 0.5) is 0 Å². The molecular weight excluding hydrogens is 230 g/mol. The molecule has 18 heavy (non-hydrogen) atoms. The molecule has 1 aromatic carbocycles. The van der Waals surface area contributed by atoms with Crippen molar-refractivity contribution < 1.29 is 9.84 Å². The molecule has 0 radical (unpaired) electrons. The van der Waals surface area contributed by atoms with Crippen LogP contribution in [-0.4, -0.2) is 21.7 Å². The van der Waals surface area contributed by atoms with E-state index in [2.05, 4.69) is 9.97 Å². The number of ether oxygens (including phenoxy) is 1. The smallest absolute Gasteiger partial charge is 0.256 e. The van der Waals surface area contributed by atoms with Gasteiger partial charge in [-0.05, 0) is 24.1 Å². The zero-order valence-corrected chi connectivity index (χ0v) is 9.58. The van der Waals surface area contributed by atoms with Crippen LogP contribution in [0.5, 0.6) is 11.6 Å². The Kier molecular flexibility index (Phi) is 3.84. The molecule has 0 aliphatic rings. The summed E-state index contributed by atoms with van der Waals surface area (Å²) in [6, 6.07) is 9.16. The van der Waals surface area contributed by atoms with E-state index in [1.165, 1.54) is 12.4 Å². The summed E-state index contributed by atoms with van der Waals surface area (Å²) in [5.41, 5.74) is 1.17. The summed E-state index contributed by atoms with van der Waals surface area (Å²) < 4.78 is 5.47. The molecule has 0 amide bonds. The number of aliphatic hydroxyl groups excluding tert-OH is 1. The van der Waals surface area contributed by atoms with Crippen molar-refractivity contribution in [2.75, 3.05) is 6.61 Å². The number of aromatic nitrogens is 2. The van der Waals surface area contributed by atoms with E-state index in [1.54, 1.807) is 12.1 Å². The van der Waals surface area contributed by atoms with Crippen molar-refractivity contribution in [3.8, 4) is 17.7 Å². The van der Waals surface area contributed by atoms with Gasteiger partial charge in [-0.15, -0.1) is 0 Å². The van der Waals surface area contributed by atoms with Crippen molar-refractivity contribution in [2.45, 2.75) is 6.42 Å². The summed E-state index contributed by atoms with van der Waals surface area (Å²) in [7, 11) is 0. The highest BCUT2D eigenvalue weighted by Crippen LogP contribution is 2.21. The molecule has 0 saturated heterocycles. The lowest BCUT2D eigenvalue weighted by atomic mass is 10.1. The van der Waals surface area contributed by atoms with Gasteiger partial charge in [-0.3, -0.25) is 0 Å². The molecule has 5 heteroatoms. The fraction of sp³-hybridized carbons (Fsp3) is 0.154. The summed E-state index contributed by atoms with van der Waals surface area (Å²) >= 11 is 0. The summed E-state index contributed by atoms with van der Waals surface area (Å²) in [6.07, 6.45) is 3.51. The predicted octanol–water partition coefficient (Wildman–Crippen LogP) is 1.68. The molecule has 0 aliphatic carbocycles. The Balaban J connectivity index is 2.16. The van der Waals surface area contributed by atoms with Gasteiger partial charge in [0.25, 0.3) is 5.88 Å². The molecule has 0 saturated carbocycles. The van der Waals surface area contributed by atoms with Crippen LogP contribution in [0.1, 0.15) is 11.3 Å². The number of benzene rings is 1. The van der Waals surface area contributed by atoms with E-state index < -0.39 is 0 Å². The zero-order chi connectivity index (χ0) is 12.8. The second-order valence-electron chi connectivity index (χ2n) is 3.54. The molecule has 0 bridgehead atoms. The predicted molar refractivity (Wildman–Crippen MR) is 64.1 cm³/mol. The van der Waals surface area contributed by atoms with Crippen LogP contribution in [0, 0.1) is 11.3 Å². The van der Waals surface area contributed by atoms with Gasteiger partial charge < -0.3 is 9.84 Å². The van der Waals surface area contributed by atoms with E-state index in [4.69, 9.17) is 15.1 Å². The fourth-order valence-corrected chi connectivity index (χ4v) is 1.44. The first-order chi connectivity index (χ1) is 8.83. The average Bonchev–Trinajstić information content (AvgIpc) is 2.42. The highest BCUT2D eigenvalue weighted by Gasteiger charge is 2.06. The van der Waals surface area contributed by atoms with Gasteiger partial charge in [0, 0.05) is 19.0 Å². The Morgan fingerprint density at radius 1 is 1.17 bits per heavy atom. The highest BCUT2D eigenvalue weighted by atomic mass is 16.5. The van der Waals surface area contributed by atoms with Gasteiger partial charge in [-0.2, -0.15) is 5.26 Å². The third kappa shape index (κ3) is 2.81. The summed E-state index contributed by atoms with van der Waals surface area (Å²) in [4.78, 5) is 7.82. The van der Waals surface area contributed by atoms with Gasteiger partial charge in [0.2, 0.25) is 5.69 Å². The number of nitrogens with zero attached hydrogens (tertiary/aromatic N) is 3. The van der Waals surface area contributed by atoms with Crippen LogP contribution in [-0.2, 0) is 6.42 Å². The van der Waals surface area contributed by atoms with Gasteiger partial charge in [0.15, 0.2) is 0 Å². The molecule has 0 spiro atoms. The van der Waals surface area contributed by atoms with Crippen LogP contribution < -0.4 is 4.74 Å². The molecule has 5 nitrogen and oxygen atoms in total. The maximum absolute atomic E-state index is 8.85. The summed E-state index contributed by atoms with van der Waals surface area (Å²) in [5, 5.41) is 17.7. The quantitative estimate of drug-likeness (QED) is 0.880. The molecular formula is C13H11N3O2. The Hall–Kier alpha value is -2.45. The normalized spacial score (nSPS) is 9.78. The number of rotatable bonds is 4. The lowest BCUT2D eigenvalue weighted by Crippen LogP contribution is -1.94. The Labute approximate surface area is 104 Å². The van der Waals surface area contributed by atoms with E-state index in [0.29, 0.717) is 12.2 Å². The van der Waals surface area contributed by atoms with Crippen molar-refractivity contribution in [1.82, 2.24) is 9.97 Å². The van der Waals surface area contributed by atoms with Gasteiger partial charge in [-0.1, -0.05) is 12.1 Å². The molecule has 1 N–H and O–H groups in total. The molecule has 2 rings (SSSR count). The van der Waals surface area contributed by atoms with Gasteiger partial charge in [-0.25, -0.2) is 9.97 Å². The van der Waals surface area contributed by atoms with Crippen molar-refractivity contribution in [3.63, 3.8) is 0 Å². The molecule has 0 aliphatic heterocycles. The average molecular weight is 241 g/mol. The van der Waals surface area contributed by atoms with Crippen molar-refractivity contribution in [3.05, 3.63) is 47.9 Å². The maximum atomic E-state index is 8.85. The summed E-state index contributed by atoms with van der Waals surface area (Å²) in [5.74, 6) is 0.767. The van der Waals surface area contributed by atoms with E-state index in [-0.39, 0.29) is 18.2 Å². The van der Waals surface area contributed by atoms with Crippen molar-refractivity contribution >= 4 is 0 Å². The molecule has 1 aromatic heterocycles. The van der Waals surface area contributed by atoms with Crippen LogP contribution in [0.25, 0.3) is 0 Å². The van der Waals surface area contributed by atoms with Gasteiger partial charge in [0.1, 0.15) is 11.8 Å². The number of hydrogen-bond acceptors (Lipinski definition) is 5. The fourth-order valence-electron chi connectivity index (χ4n) is 1.44. The van der Waals surface area contributed by atoms with E-state index >= 15 is 0 Å². The summed E-state index contributed by atoms with van der Waals surface area (Å²) in [6.45, 7) is 0.114. The van der Waals surface area contributed by atoms with E-state index in [0.717, 1.165) is 5.56 Å². The van der Waals surface area contributed by atoms with E-state index in [1.807, 2.05) is 18.2 Å². The largest absolute Gasteiger partial charge is 0.437 e. The maximum Gasteiger partial charge on any atom is 0.256 e. The van der Waals surface area contributed by atoms with Crippen LogP contribution in [0.2, 0.25) is 0 Å². The minimum atomic E-state index is 0.114. The zero-order valence-electron chi connectivity index (χ0n) is 9.58. The van der Waals surface area contributed by atoms with Crippen molar-refractivity contribution in [1.29, 1.82) is 5.26 Å². The van der Waals surface area contributed by atoms with E-state index in [9.17, 15) is 0 Å². The Bertz CT molecular complexity index is 561. The SMILES string of the molecule is N#Cc1nccnc1Oc1ccc(CCO)cc1. The highest BCUT2D eigenvalue weighted by molar-refractivity contribution is 5.36. The minimum absolute atomic E-state index is 0.114. The first-order valence-electron chi connectivity index (χ1n) is 5.42. The monoisotopic (exact) mass is 241 g/mol. The molecule has 2 aromatic rings. The lowest BCUT2D eigenvalue weighted by molar-refractivity contribution is 0.299. The number of nitriles is 1. The standard InChI is InChI=1S/C13H11N3O2/c14-9-12-13(16-7-6-15-12)18-11-3-1-10(2-4-11)5-8-17/h1-4,6-7,17H,5,8H2. The molecule has 0 unspecified atom stereocenters. The molecule has 0 fully saturated rings. The third-order valence-electron chi connectivity index (χ3n) is 2.31.